The summed E-state index contributed by atoms with van der Waals surface area (Å²) in [5.41, 5.74) is 0. The molecule has 4 heteroatoms. The Balaban J connectivity index is 3.23. The quantitative estimate of drug-likeness (QED) is 0.386. The van der Waals surface area contributed by atoms with Crippen LogP contribution in [0.4, 0.5) is 0 Å². The molecule has 0 fully saturated rings. The lowest BCUT2D eigenvalue weighted by atomic mass is 10.1. The van der Waals surface area contributed by atoms with Crippen molar-refractivity contribution in [2.45, 2.75) is 51.9 Å². The van der Waals surface area contributed by atoms with Gasteiger partial charge < -0.3 is 10.2 Å². The van der Waals surface area contributed by atoms with Crippen LogP contribution < -0.4 is 0 Å². The number of hydrogen-bond donors (Lipinski definition) is 2. The third-order valence-electron chi connectivity index (χ3n) is 2.72. The second-order valence-electron chi connectivity index (χ2n) is 4.33. The Morgan fingerprint density at radius 1 is 0.824 bits per heavy atom. The van der Waals surface area contributed by atoms with Crippen LogP contribution in [0.2, 0.25) is 0 Å². The zero-order valence-electron chi connectivity index (χ0n) is 11.2. The van der Waals surface area contributed by atoms with Gasteiger partial charge in [-0.25, -0.2) is 0 Å². The van der Waals surface area contributed by atoms with Gasteiger partial charge in [-0.15, -0.1) is 0 Å². The molecule has 0 aromatic rings. The fraction of sp³-hybridized carbons (Fsp3) is 1.00. The van der Waals surface area contributed by atoms with Gasteiger partial charge in [0.1, 0.15) is 0 Å². The lowest BCUT2D eigenvalue weighted by Gasteiger charge is -2.19. The van der Waals surface area contributed by atoms with Crippen molar-refractivity contribution in [3.8, 4) is 0 Å². The van der Waals surface area contributed by atoms with E-state index in [1.165, 1.54) is 38.5 Å². The molecular formula is C13H29NO3. The predicted molar refractivity (Wildman–Crippen MR) is 69.7 cm³/mol. The Labute approximate surface area is 106 Å². The number of unbranched alkanes of at least 4 members (excludes halogenated alkanes) is 6. The average Bonchev–Trinajstić information content (AvgIpc) is 2.33. The summed E-state index contributed by atoms with van der Waals surface area (Å²) in [6.45, 7) is 3.99. The summed E-state index contributed by atoms with van der Waals surface area (Å²) >= 11 is 0. The van der Waals surface area contributed by atoms with Crippen molar-refractivity contribution in [1.82, 2.24) is 5.06 Å². The molecule has 104 valence electrons. The van der Waals surface area contributed by atoms with Crippen LogP contribution in [0.3, 0.4) is 0 Å². The third-order valence-corrected chi connectivity index (χ3v) is 2.72. The highest BCUT2D eigenvalue weighted by Gasteiger charge is 2.02. The first-order chi connectivity index (χ1) is 8.35. The van der Waals surface area contributed by atoms with Crippen LogP contribution >= 0.6 is 0 Å². The Bertz CT molecular complexity index is 139. The summed E-state index contributed by atoms with van der Waals surface area (Å²) in [4.78, 5) is 5.46. The molecule has 4 nitrogen and oxygen atoms in total. The predicted octanol–water partition coefficient (Wildman–Crippen LogP) is 1.96. The van der Waals surface area contributed by atoms with Crippen LogP contribution in [0.1, 0.15) is 51.9 Å². The van der Waals surface area contributed by atoms with Crippen LogP contribution in [0.25, 0.3) is 0 Å². The maximum absolute atomic E-state index is 8.78. The summed E-state index contributed by atoms with van der Waals surface area (Å²) in [6, 6.07) is 0. The molecule has 0 saturated carbocycles. The van der Waals surface area contributed by atoms with Crippen LogP contribution in [0.15, 0.2) is 0 Å². The van der Waals surface area contributed by atoms with Gasteiger partial charge in [-0.2, -0.15) is 5.06 Å². The molecule has 0 amide bonds. The van der Waals surface area contributed by atoms with Crippen LogP contribution in [0.5, 0.6) is 0 Å². The fourth-order valence-electron chi connectivity index (χ4n) is 1.72. The summed E-state index contributed by atoms with van der Waals surface area (Å²) in [6.07, 6.45) is 8.85. The van der Waals surface area contributed by atoms with E-state index in [1.54, 1.807) is 5.06 Å². The van der Waals surface area contributed by atoms with Crippen LogP contribution in [-0.2, 0) is 4.84 Å². The van der Waals surface area contributed by atoms with Gasteiger partial charge in [0, 0.05) is 13.1 Å². The Hall–Kier alpha value is -0.160. The minimum Gasteiger partial charge on any atom is -0.395 e. The first-order valence-electron chi connectivity index (χ1n) is 6.94. The average molecular weight is 247 g/mol. The van der Waals surface area contributed by atoms with E-state index in [1.807, 2.05) is 0 Å². The Morgan fingerprint density at radius 2 is 1.35 bits per heavy atom. The van der Waals surface area contributed by atoms with Crippen molar-refractivity contribution in [2.24, 2.45) is 0 Å². The first-order valence-corrected chi connectivity index (χ1v) is 6.94. The summed E-state index contributed by atoms with van der Waals surface area (Å²) in [7, 11) is 0. The second-order valence-corrected chi connectivity index (χ2v) is 4.33. The number of hydroxylamine groups is 2. The molecule has 17 heavy (non-hydrogen) atoms. The molecule has 0 aliphatic carbocycles. The molecule has 0 aliphatic rings. The van der Waals surface area contributed by atoms with E-state index in [-0.39, 0.29) is 13.2 Å². The molecular weight excluding hydrogens is 218 g/mol. The van der Waals surface area contributed by atoms with Gasteiger partial charge in [0.25, 0.3) is 0 Å². The SMILES string of the molecule is CCCCCCCCCON(CCO)CCO. The van der Waals surface area contributed by atoms with Gasteiger partial charge >= 0.3 is 0 Å². The van der Waals surface area contributed by atoms with Gasteiger partial charge in [-0.3, -0.25) is 4.84 Å². The van der Waals surface area contributed by atoms with E-state index in [9.17, 15) is 0 Å². The lowest BCUT2D eigenvalue weighted by Crippen LogP contribution is -2.30. The standard InChI is InChI=1S/C13H29NO3/c1-2-3-4-5-6-7-8-13-17-14(9-11-15)10-12-16/h15-16H,2-13H2,1H3. The molecule has 0 aromatic heterocycles. The molecule has 0 saturated heterocycles. The fourth-order valence-corrected chi connectivity index (χ4v) is 1.72. The normalized spacial score (nSPS) is 11.3. The van der Waals surface area contributed by atoms with E-state index in [4.69, 9.17) is 15.1 Å². The van der Waals surface area contributed by atoms with Crippen LogP contribution in [0, 0.1) is 0 Å². The molecule has 2 N–H and O–H groups in total. The summed E-state index contributed by atoms with van der Waals surface area (Å²) in [5.74, 6) is 0. The smallest absolute Gasteiger partial charge is 0.0685 e. The van der Waals surface area contributed by atoms with Gasteiger partial charge in [0.05, 0.1) is 19.8 Å². The van der Waals surface area contributed by atoms with Crippen LogP contribution in [-0.4, -0.2) is 48.2 Å². The van der Waals surface area contributed by atoms with Crippen molar-refractivity contribution >= 4 is 0 Å². The highest BCUT2D eigenvalue weighted by molar-refractivity contribution is 4.46. The Kier molecular flexibility index (Phi) is 13.8. The Morgan fingerprint density at radius 3 is 1.88 bits per heavy atom. The van der Waals surface area contributed by atoms with Gasteiger partial charge in [-0.05, 0) is 6.42 Å². The number of aliphatic hydroxyl groups excluding tert-OH is 2. The van der Waals surface area contributed by atoms with E-state index in [0.29, 0.717) is 19.7 Å². The topological polar surface area (TPSA) is 52.9 Å². The zero-order chi connectivity index (χ0) is 12.8. The van der Waals surface area contributed by atoms with Crippen molar-refractivity contribution in [3.05, 3.63) is 0 Å². The summed E-state index contributed by atoms with van der Waals surface area (Å²) < 4.78 is 0. The van der Waals surface area contributed by atoms with E-state index < -0.39 is 0 Å². The number of rotatable bonds is 13. The van der Waals surface area contributed by atoms with Gasteiger partial charge in [0.15, 0.2) is 0 Å². The van der Waals surface area contributed by atoms with E-state index in [0.717, 1.165) is 6.42 Å². The highest BCUT2D eigenvalue weighted by atomic mass is 16.7. The second kappa shape index (κ2) is 13.9. The summed E-state index contributed by atoms with van der Waals surface area (Å²) in [5, 5.41) is 19.2. The highest BCUT2D eigenvalue weighted by Crippen LogP contribution is 2.07. The van der Waals surface area contributed by atoms with Crippen molar-refractivity contribution in [3.63, 3.8) is 0 Å². The van der Waals surface area contributed by atoms with E-state index in [2.05, 4.69) is 6.92 Å². The number of hydrogen-bond acceptors (Lipinski definition) is 4. The van der Waals surface area contributed by atoms with Gasteiger partial charge in [0.2, 0.25) is 0 Å². The molecule has 0 rings (SSSR count). The van der Waals surface area contributed by atoms with E-state index >= 15 is 0 Å². The molecule has 0 radical (unpaired) electrons. The van der Waals surface area contributed by atoms with Crippen molar-refractivity contribution in [2.75, 3.05) is 32.9 Å². The molecule has 0 bridgehead atoms. The molecule has 0 atom stereocenters. The molecule has 0 spiro atoms. The third kappa shape index (κ3) is 12.1. The van der Waals surface area contributed by atoms with Crippen molar-refractivity contribution < 1.29 is 15.1 Å². The molecule has 0 aromatic carbocycles. The lowest BCUT2D eigenvalue weighted by molar-refractivity contribution is -0.169. The number of aliphatic hydroxyl groups is 2. The van der Waals surface area contributed by atoms with Crippen molar-refractivity contribution in [1.29, 1.82) is 0 Å². The number of nitrogens with zero attached hydrogens (tertiary/aromatic N) is 1. The molecule has 0 unspecified atom stereocenters. The zero-order valence-corrected chi connectivity index (χ0v) is 11.2. The monoisotopic (exact) mass is 247 g/mol. The maximum Gasteiger partial charge on any atom is 0.0685 e. The minimum atomic E-state index is 0.0665. The molecule has 0 aliphatic heterocycles. The minimum absolute atomic E-state index is 0.0665. The maximum atomic E-state index is 8.78. The largest absolute Gasteiger partial charge is 0.395 e. The first kappa shape index (κ1) is 16.8. The molecule has 0 heterocycles. The van der Waals surface area contributed by atoms with Gasteiger partial charge in [-0.1, -0.05) is 45.4 Å².